The van der Waals surface area contributed by atoms with Gasteiger partial charge in [0.2, 0.25) is 0 Å². The van der Waals surface area contributed by atoms with E-state index < -0.39 is 5.97 Å². The van der Waals surface area contributed by atoms with E-state index >= 15 is 0 Å². The quantitative estimate of drug-likeness (QED) is 0.757. The predicted molar refractivity (Wildman–Crippen MR) is 58.7 cm³/mol. The molecule has 0 radical (unpaired) electrons. The lowest BCUT2D eigenvalue weighted by molar-refractivity contribution is -0.149. The van der Waals surface area contributed by atoms with Crippen molar-refractivity contribution in [3.05, 3.63) is 0 Å². The minimum absolute atomic E-state index is 0.102. The number of carbonyl (C=O) groups is 1. The maximum atomic E-state index is 10.7. The van der Waals surface area contributed by atoms with Crippen LogP contribution >= 0.6 is 0 Å². The van der Waals surface area contributed by atoms with Crippen LogP contribution in [0.3, 0.4) is 0 Å². The van der Waals surface area contributed by atoms with Crippen LogP contribution in [0.25, 0.3) is 0 Å². The third-order valence-electron chi connectivity index (χ3n) is 4.14. The van der Waals surface area contributed by atoms with Crippen molar-refractivity contribution >= 4 is 5.97 Å². The van der Waals surface area contributed by atoms with Crippen molar-refractivity contribution in [1.29, 1.82) is 0 Å². The Morgan fingerprint density at radius 2 is 1.93 bits per heavy atom. The standard InChI is InChI=1S/C12H21NO2/c1-8-3-4-9(2)11(5-8)13-6-10(7-13)12(14)15/h8-11H,3-7H2,1-2H3,(H,14,15). The van der Waals surface area contributed by atoms with Crippen LogP contribution in [-0.4, -0.2) is 35.1 Å². The second-order valence-corrected chi connectivity index (χ2v) is 5.45. The van der Waals surface area contributed by atoms with Gasteiger partial charge in [-0.2, -0.15) is 0 Å². The Labute approximate surface area is 91.5 Å². The first-order valence-corrected chi connectivity index (χ1v) is 6.04. The average molecular weight is 211 g/mol. The van der Waals surface area contributed by atoms with Crippen LogP contribution in [0.1, 0.15) is 33.1 Å². The molecule has 15 heavy (non-hydrogen) atoms. The first-order chi connectivity index (χ1) is 7.08. The molecule has 0 bridgehead atoms. The lowest BCUT2D eigenvalue weighted by Gasteiger charge is -2.47. The van der Waals surface area contributed by atoms with E-state index in [2.05, 4.69) is 18.7 Å². The summed E-state index contributed by atoms with van der Waals surface area (Å²) in [6, 6.07) is 0.643. The number of hydrogen-bond acceptors (Lipinski definition) is 2. The van der Waals surface area contributed by atoms with Gasteiger partial charge in [0, 0.05) is 19.1 Å². The van der Waals surface area contributed by atoms with Crippen molar-refractivity contribution in [3.63, 3.8) is 0 Å². The normalized spacial score (nSPS) is 38.7. The molecule has 0 aromatic heterocycles. The zero-order valence-corrected chi connectivity index (χ0v) is 9.65. The zero-order valence-electron chi connectivity index (χ0n) is 9.65. The molecule has 0 aromatic carbocycles. The highest BCUT2D eigenvalue weighted by molar-refractivity contribution is 5.71. The van der Waals surface area contributed by atoms with E-state index in [0.29, 0.717) is 6.04 Å². The summed E-state index contributed by atoms with van der Waals surface area (Å²) in [7, 11) is 0. The van der Waals surface area contributed by atoms with Crippen LogP contribution in [0.5, 0.6) is 0 Å². The van der Waals surface area contributed by atoms with Gasteiger partial charge in [-0.1, -0.05) is 20.3 Å². The molecule has 1 aliphatic heterocycles. The fraction of sp³-hybridized carbons (Fsp3) is 0.917. The van der Waals surface area contributed by atoms with Crippen molar-refractivity contribution in [2.24, 2.45) is 17.8 Å². The molecule has 1 aliphatic carbocycles. The minimum atomic E-state index is -0.622. The number of likely N-dealkylation sites (tertiary alicyclic amines) is 1. The monoisotopic (exact) mass is 211 g/mol. The summed E-state index contributed by atoms with van der Waals surface area (Å²) in [6.07, 6.45) is 3.90. The van der Waals surface area contributed by atoms with E-state index in [4.69, 9.17) is 5.11 Å². The molecule has 1 heterocycles. The fourth-order valence-corrected chi connectivity index (χ4v) is 2.95. The molecule has 2 rings (SSSR count). The molecule has 0 amide bonds. The predicted octanol–water partition coefficient (Wildman–Crippen LogP) is 1.83. The van der Waals surface area contributed by atoms with Gasteiger partial charge >= 0.3 is 5.97 Å². The van der Waals surface area contributed by atoms with Crippen molar-refractivity contribution in [2.75, 3.05) is 13.1 Å². The number of carboxylic acid groups (broad SMARTS) is 1. The molecule has 1 N–H and O–H groups in total. The zero-order chi connectivity index (χ0) is 11.0. The van der Waals surface area contributed by atoms with E-state index in [-0.39, 0.29) is 5.92 Å². The molecule has 0 spiro atoms. The Morgan fingerprint density at radius 1 is 1.27 bits per heavy atom. The van der Waals surface area contributed by atoms with Crippen molar-refractivity contribution in [1.82, 2.24) is 4.90 Å². The first kappa shape index (κ1) is 10.9. The fourth-order valence-electron chi connectivity index (χ4n) is 2.95. The molecule has 3 unspecified atom stereocenters. The summed E-state index contributed by atoms with van der Waals surface area (Å²) < 4.78 is 0. The Hall–Kier alpha value is -0.570. The lowest BCUT2D eigenvalue weighted by Crippen LogP contribution is -2.57. The van der Waals surface area contributed by atoms with Gasteiger partial charge in [-0.15, -0.1) is 0 Å². The van der Waals surface area contributed by atoms with E-state index in [0.717, 1.165) is 24.9 Å². The summed E-state index contributed by atoms with van der Waals surface area (Å²) in [5.74, 6) is 0.836. The highest BCUT2D eigenvalue weighted by atomic mass is 16.4. The number of carboxylic acids is 1. The largest absolute Gasteiger partial charge is 0.481 e. The van der Waals surface area contributed by atoms with Gasteiger partial charge in [-0.05, 0) is 24.7 Å². The van der Waals surface area contributed by atoms with Gasteiger partial charge in [0.05, 0.1) is 5.92 Å². The third kappa shape index (κ3) is 2.17. The molecule has 1 saturated carbocycles. The second kappa shape index (κ2) is 4.12. The summed E-state index contributed by atoms with van der Waals surface area (Å²) in [6.45, 7) is 6.17. The van der Waals surface area contributed by atoms with Crippen molar-refractivity contribution in [2.45, 2.75) is 39.2 Å². The summed E-state index contributed by atoms with van der Waals surface area (Å²) in [4.78, 5) is 13.1. The maximum Gasteiger partial charge on any atom is 0.309 e. The maximum absolute atomic E-state index is 10.7. The van der Waals surface area contributed by atoms with Gasteiger partial charge < -0.3 is 5.11 Å². The summed E-state index contributed by atoms with van der Waals surface area (Å²) >= 11 is 0. The molecule has 86 valence electrons. The van der Waals surface area contributed by atoms with Crippen LogP contribution in [-0.2, 0) is 4.79 Å². The summed E-state index contributed by atoms with van der Waals surface area (Å²) in [5.41, 5.74) is 0. The number of aliphatic carboxylic acids is 1. The minimum Gasteiger partial charge on any atom is -0.481 e. The smallest absolute Gasteiger partial charge is 0.309 e. The van der Waals surface area contributed by atoms with Crippen LogP contribution in [0, 0.1) is 17.8 Å². The number of nitrogens with zero attached hydrogens (tertiary/aromatic N) is 1. The van der Waals surface area contributed by atoms with Gasteiger partial charge in [-0.3, -0.25) is 9.69 Å². The molecule has 2 aliphatic rings. The Balaban J connectivity index is 1.86. The summed E-state index contributed by atoms with van der Waals surface area (Å²) in [5, 5.41) is 8.84. The highest BCUT2D eigenvalue weighted by Gasteiger charge is 2.40. The second-order valence-electron chi connectivity index (χ2n) is 5.45. The first-order valence-electron chi connectivity index (χ1n) is 6.04. The van der Waals surface area contributed by atoms with Gasteiger partial charge in [0.25, 0.3) is 0 Å². The van der Waals surface area contributed by atoms with Crippen LogP contribution in [0.4, 0.5) is 0 Å². The lowest BCUT2D eigenvalue weighted by atomic mass is 9.77. The third-order valence-corrected chi connectivity index (χ3v) is 4.14. The molecule has 3 nitrogen and oxygen atoms in total. The molecule has 1 saturated heterocycles. The number of hydrogen-bond donors (Lipinski definition) is 1. The van der Waals surface area contributed by atoms with E-state index in [1.807, 2.05) is 0 Å². The van der Waals surface area contributed by atoms with E-state index in [1.54, 1.807) is 0 Å². The van der Waals surface area contributed by atoms with Gasteiger partial charge in [0.1, 0.15) is 0 Å². The molecular weight excluding hydrogens is 190 g/mol. The number of rotatable bonds is 2. The SMILES string of the molecule is CC1CCC(C)C(N2CC(C(=O)O)C2)C1. The van der Waals surface area contributed by atoms with Crippen LogP contribution < -0.4 is 0 Å². The molecule has 3 heteroatoms. The Morgan fingerprint density at radius 3 is 2.53 bits per heavy atom. The van der Waals surface area contributed by atoms with Crippen LogP contribution in [0.15, 0.2) is 0 Å². The molecule has 2 fully saturated rings. The topological polar surface area (TPSA) is 40.5 Å². The van der Waals surface area contributed by atoms with Gasteiger partial charge in [0.15, 0.2) is 0 Å². The Bertz CT molecular complexity index is 248. The molecule has 3 atom stereocenters. The van der Waals surface area contributed by atoms with Crippen molar-refractivity contribution < 1.29 is 9.90 Å². The van der Waals surface area contributed by atoms with E-state index in [1.165, 1.54) is 19.3 Å². The average Bonchev–Trinajstić information content (AvgIpc) is 2.08. The molecular formula is C12H21NO2. The van der Waals surface area contributed by atoms with Crippen LogP contribution in [0.2, 0.25) is 0 Å². The van der Waals surface area contributed by atoms with E-state index in [9.17, 15) is 4.79 Å². The Kier molecular flexibility index (Phi) is 3.01. The highest BCUT2D eigenvalue weighted by Crippen LogP contribution is 2.35. The molecule has 0 aromatic rings. The van der Waals surface area contributed by atoms with Gasteiger partial charge in [-0.25, -0.2) is 0 Å². The van der Waals surface area contributed by atoms with Crippen molar-refractivity contribution in [3.8, 4) is 0 Å².